The first-order valence-corrected chi connectivity index (χ1v) is 8.60. The largest absolute Gasteiger partial charge is 0.348 e. The van der Waals surface area contributed by atoms with Crippen molar-refractivity contribution in [2.24, 2.45) is 0 Å². The number of hydrogen-bond acceptors (Lipinski definition) is 5. The van der Waals surface area contributed by atoms with E-state index >= 15 is 0 Å². The highest BCUT2D eigenvalue weighted by Gasteiger charge is 2.13. The van der Waals surface area contributed by atoms with Crippen LogP contribution in [0.1, 0.15) is 34.1 Å². The van der Waals surface area contributed by atoms with Gasteiger partial charge in [0.1, 0.15) is 18.7 Å². The molecular formula is C20H20N6O. The van der Waals surface area contributed by atoms with E-state index in [1.54, 1.807) is 23.1 Å². The van der Waals surface area contributed by atoms with Crippen LogP contribution in [-0.4, -0.2) is 31.7 Å². The van der Waals surface area contributed by atoms with Crippen LogP contribution >= 0.6 is 0 Å². The first kappa shape index (κ1) is 18.3. The van der Waals surface area contributed by atoms with Gasteiger partial charge in [-0.25, -0.2) is 4.98 Å². The van der Waals surface area contributed by atoms with Gasteiger partial charge in [0.05, 0.1) is 17.8 Å². The maximum absolute atomic E-state index is 12.4. The Morgan fingerprint density at radius 2 is 2.04 bits per heavy atom. The van der Waals surface area contributed by atoms with Gasteiger partial charge < -0.3 is 5.32 Å². The number of aromatic nitrogens is 4. The molecular weight excluding hydrogens is 340 g/mol. The van der Waals surface area contributed by atoms with Gasteiger partial charge in [0.2, 0.25) is 0 Å². The third-order valence-electron chi connectivity index (χ3n) is 4.18. The standard InChI is InChI=1S/C20H20N6O/c1-13-8-14(2)24-19(18(13)9-21)16-4-6-17(7-5-16)20(27)25-15(3)10-26-12-22-11-23-26/h4-8,11-12,15H,10H2,1-3H3,(H,25,27)/t15-/m1/s1. The molecule has 3 rings (SSSR count). The minimum atomic E-state index is -0.164. The predicted octanol–water partition coefficient (Wildman–Crippen LogP) is 2.65. The van der Waals surface area contributed by atoms with Crippen LogP contribution in [0.4, 0.5) is 0 Å². The van der Waals surface area contributed by atoms with Crippen LogP contribution in [-0.2, 0) is 6.54 Å². The first-order valence-electron chi connectivity index (χ1n) is 8.60. The summed E-state index contributed by atoms with van der Waals surface area (Å²) in [5.41, 5.74) is 4.30. The van der Waals surface area contributed by atoms with Crippen LogP contribution in [0, 0.1) is 25.2 Å². The minimum Gasteiger partial charge on any atom is -0.348 e. The summed E-state index contributed by atoms with van der Waals surface area (Å²) in [6.07, 6.45) is 3.07. The molecule has 1 amide bonds. The van der Waals surface area contributed by atoms with Gasteiger partial charge in [-0.1, -0.05) is 12.1 Å². The van der Waals surface area contributed by atoms with Gasteiger partial charge in [-0.3, -0.25) is 14.5 Å². The van der Waals surface area contributed by atoms with Crippen LogP contribution in [0.25, 0.3) is 11.3 Å². The zero-order valence-corrected chi connectivity index (χ0v) is 15.5. The normalized spacial score (nSPS) is 11.6. The number of rotatable bonds is 5. The predicted molar refractivity (Wildman–Crippen MR) is 101 cm³/mol. The second-order valence-electron chi connectivity index (χ2n) is 6.49. The highest BCUT2D eigenvalue weighted by Crippen LogP contribution is 2.24. The third kappa shape index (κ3) is 4.18. The zero-order chi connectivity index (χ0) is 19.4. The molecule has 3 aromatic rings. The number of hydrogen-bond donors (Lipinski definition) is 1. The smallest absolute Gasteiger partial charge is 0.251 e. The van der Waals surface area contributed by atoms with E-state index in [1.165, 1.54) is 6.33 Å². The van der Waals surface area contributed by atoms with Gasteiger partial charge in [-0.15, -0.1) is 0 Å². The van der Waals surface area contributed by atoms with Crippen molar-refractivity contribution < 1.29 is 4.79 Å². The number of nitriles is 1. The molecule has 7 heteroatoms. The lowest BCUT2D eigenvalue weighted by molar-refractivity contribution is 0.0936. The lowest BCUT2D eigenvalue weighted by Crippen LogP contribution is -2.35. The topological polar surface area (TPSA) is 96.5 Å². The molecule has 0 fully saturated rings. The van der Waals surface area contributed by atoms with Crippen LogP contribution in [0.2, 0.25) is 0 Å². The van der Waals surface area contributed by atoms with Gasteiger partial charge in [0.25, 0.3) is 5.91 Å². The zero-order valence-electron chi connectivity index (χ0n) is 15.5. The molecule has 0 saturated carbocycles. The summed E-state index contributed by atoms with van der Waals surface area (Å²) in [5, 5.41) is 16.4. The Bertz CT molecular complexity index is 987. The molecule has 0 unspecified atom stereocenters. The first-order chi connectivity index (χ1) is 13.0. The average molecular weight is 360 g/mol. The molecule has 0 aliphatic heterocycles. The molecule has 136 valence electrons. The van der Waals surface area contributed by atoms with Crippen molar-refractivity contribution in [3.05, 3.63) is 65.4 Å². The van der Waals surface area contributed by atoms with Crippen molar-refractivity contribution in [1.82, 2.24) is 25.1 Å². The molecule has 1 N–H and O–H groups in total. The molecule has 0 aliphatic rings. The summed E-state index contributed by atoms with van der Waals surface area (Å²) in [6.45, 7) is 6.25. The van der Waals surface area contributed by atoms with E-state index in [0.717, 1.165) is 16.8 Å². The van der Waals surface area contributed by atoms with E-state index in [1.807, 2.05) is 39.0 Å². The van der Waals surface area contributed by atoms with Crippen molar-refractivity contribution in [3.63, 3.8) is 0 Å². The minimum absolute atomic E-state index is 0.0924. The second-order valence-corrected chi connectivity index (χ2v) is 6.49. The van der Waals surface area contributed by atoms with E-state index in [9.17, 15) is 10.1 Å². The molecule has 1 aromatic carbocycles. The lowest BCUT2D eigenvalue weighted by atomic mass is 10.0. The monoisotopic (exact) mass is 360 g/mol. The molecule has 2 aromatic heterocycles. The number of pyridine rings is 1. The van der Waals surface area contributed by atoms with E-state index in [4.69, 9.17) is 0 Å². The van der Waals surface area contributed by atoms with Crippen LogP contribution in [0.3, 0.4) is 0 Å². The summed E-state index contributed by atoms with van der Waals surface area (Å²) >= 11 is 0. The number of benzene rings is 1. The molecule has 0 aliphatic carbocycles. The fourth-order valence-electron chi connectivity index (χ4n) is 2.93. The van der Waals surface area contributed by atoms with Crippen LogP contribution < -0.4 is 5.32 Å². The van der Waals surface area contributed by atoms with Crippen LogP contribution in [0.5, 0.6) is 0 Å². The van der Waals surface area contributed by atoms with Crippen molar-refractivity contribution in [2.45, 2.75) is 33.4 Å². The summed E-state index contributed by atoms with van der Waals surface area (Å²) in [4.78, 5) is 20.8. The summed E-state index contributed by atoms with van der Waals surface area (Å²) in [5.74, 6) is -0.164. The quantitative estimate of drug-likeness (QED) is 0.754. The third-order valence-corrected chi connectivity index (χ3v) is 4.18. The molecule has 27 heavy (non-hydrogen) atoms. The maximum Gasteiger partial charge on any atom is 0.251 e. The molecule has 0 bridgehead atoms. The van der Waals surface area contributed by atoms with Crippen molar-refractivity contribution in [1.29, 1.82) is 5.26 Å². The number of carbonyl (C=O) groups excluding carboxylic acids is 1. The Balaban J connectivity index is 1.76. The fraction of sp³-hybridized carbons (Fsp3) is 0.250. The Kier molecular flexibility index (Phi) is 5.27. The molecule has 0 radical (unpaired) electrons. The second kappa shape index (κ2) is 7.79. The van der Waals surface area contributed by atoms with Gasteiger partial charge >= 0.3 is 0 Å². The Morgan fingerprint density at radius 3 is 2.67 bits per heavy atom. The number of nitrogens with zero attached hydrogens (tertiary/aromatic N) is 5. The van der Waals surface area contributed by atoms with E-state index < -0.39 is 0 Å². The number of nitrogens with one attached hydrogen (secondary N) is 1. The van der Waals surface area contributed by atoms with E-state index in [-0.39, 0.29) is 11.9 Å². The average Bonchev–Trinajstić information content (AvgIpc) is 3.14. The fourth-order valence-corrected chi connectivity index (χ4v) is 2.93. The van der Waals surface area contributed by atoms with Gasteiger partial charge in [-0.2, -0.15) is 10.4 Å². The number of aryl methyl sites for hydroxylation is 2. The van der Waals surface area contributed by atoms with Crippen LogP contribution in [0.15, 0.2) is 43.0 Å². The summed E-state index contributed by atoms with van der Waals surface area (Å²) in [6, 6.07) is 11.1. The Morgan fingerprint density at radius 1 is 1.30 bits per heavy atom. The molecule has 7 nitrogen and oxygen atoms in total. The molecule has 2 heterocycles. The van der Waals surface area contributed by atoms with Gasteiger partial charge in [0, 0.05) is 22.9 Å². The van der Waals surface area contributed by atoms with E-state index in [2.05, 4.69) is 26.5 Å². The molecule has 1 atom stereocenters. The molecule has 0 spiro atoms. The lowest BCUT2D eigenvalue weighted by Gasteiger charge is -2.14. The summed E-state index contributed by atoms with van der Waals surface area (Å²) in [7, 11) is 0. The molecule has 0 saturated heterocycles. The summed E-state index contributed by atoms with van der Waals surface area (Å²) < 4.78 is 1.67. The maximum atomic E-state index is 12.4. The SMILES string of the molecule is Cc1cc(C)c(C#N)c(-c2ccc(C(=O)N[C@H](C)Cn3cncn3)cc2)n1. The van der Waals surface area contributed by atoms with Gasteiger partial charge in [0.15, 0.2) is 0 Å². The van der Waals surface area contributed by atoms with Gasteiger partial charge in [-0.05, 0) is 44.5 Å². The van der Waals surface area contributed by atoms with E-state index in [0.29, 0.717) is 23.4 Å². The highest BCUT2D eigenvalue weighted by atomic mass is 16.1. The highest BCUT2D eigenvalue weighted by molar-refractivity contribution is 5.94. The Labute approximate surface area is 157 Å². The number of carbonyl (C=O) groups is 1. The number of amides is 1. The van der Waals surface area contributed by atoms with Crippen molar-refractivity contribution in [3.8, 4) is 17.3 Å². The Hall–Kier alpha value is -3.53. The van der Waals surface area contributed by atoms with Crippen molar-refractivity contribution in [2.75, 3.05) is 0 Å². The van der Waals surface area contributed by atoms with Crippen molar-refractivity contribution >= 4 is 5.91 Å².